The van der Waals surface area contributed by atoms with Crippen molar-refractivity contribution in [2.24, 2.45) is 4.99 Å². The number of hydrogen-bond donors (Lipinski definition) is 2. The number of hydrogen-bond acceptors (Lipinski definition) is 6. The Morgan fingerprint density at radius 3 is 2.71 bits per heavy atom. The van der Waals surface area contributed by atoms with Crippen molar-refractivity contribution in [3.63, 3.8) is 0 Å². The molecule has 0 spiro atoms. The van der Waals surface area contributed by atoms with Gasteiger partial charge in [-0.3, -0.25) is 9.79 Å². The van der Waals surface area contributed by atoms with E-state index < -0.39 is 21.7 Å². The van der Waals surface area contributed by atoms with Crippen LogP contribution in [0.2, 0.25) is 5.02 Å². The van der Waals surface area contributed by atoms with E-state index in [4.69, 9.17) is 11.6 Å². The van der Waals surface area contributed by atoms with Crippen molar-refractivity contribution < 1.29 is 18.3 Å². The van der Waals surface area contributed by atoms with Crippen LogP contribution in [0.1, 0.15) is 12.5 Å². The number of aliphatic hydroxyl groups is 1. The van der Waals surface area contributed by atoms with Crippen LogP contribution in [0, 0.1) is 0 Å². The lowest BCUT2D eigenvalue weighted by Crippen LogP contribution is -2.45. The highest BCUT2D eigenvalue weighted by molar-refractivity contribution is 8.93. The van der Waals surface area contributed by atoms with Crippen LogP contribution in [0.5, 0.6) is 0 Å². The SMILES string of the molecule is Br.C=CCN=C1SCC(O)(c2ccc(Cl)c(S(=O)(=O)NC(C)=O)c2)N1CC=C. The zero-order valence-corrected chi connectivity index (χ0v) is 19.2. The number of halogens is 2. The molecule has 28 heavy (non-hydrogen) atoms. The van der Waals surface area contributed by atoms with Crippen LogP contribution in [0.4, 0.5) is 0 Å². The van der Waals surface area contributed by atoms with Gasteiger partial charge in [-0.2, -0.15) is 0 Å². The molecule has 0 saturated carbocycles. The van der Waals surface area contributed by atoms with Gasteiger partial charge in [-0.1, -0.05) is 41.6 Å². The molecule has 154 valence electrons. The maximum atomic E-state index is 12.4. The van der Waals surface area contributed by atoms with Crippen LogP contribution in [0.15, 0.2) is 53.4 Å². The van der Waals surface area contributed by atoms with Crippen molar-refractivity contribution in [3.8, 4) is 0 Å². The van der Waals surface area contributed by atoms with Crippen molar-refractivity contribution >= 4 is 61.4 Å². The summed E-state index contributed by atoms with van der Waals surface area (Å²) in [4.78, 5) is 16.9. The summed E-state index contributed by atoms with van der Waals surface area (Å²) in [6.07, 6.45) is 3.25. The predicted octanol–water partition coefficient (Wildman–Crippen LogP) is 2.66. The molecule has 0 aromatic heterocycles. The van der Waals surface area contributed by atoms with E-state index in [-0.39, 0.29) is 32.7 Å². The molecule has 1 aliphatic heterocycles. The third kappa shape index (κ3) is 5.18. The molecule has 0 bridgehead atoms. The normalized spacial score (nSPS) is 20.5. The molecule has 7 nitrogen and oxygen atoms in total. The Bertz CT molecular complexity index is 908. The maximum absolute atomic E-state index is 12.4. The first-order valence-electron chi connectivity index (χ1n) is 7.88. The van der Waals surface area contributed by atoms with E-state index in [2.05, 4.69) is 18.2 Å². The van der Waals surface area contributed by atoms with Crippen LogP contribution in [0.25, 0.3) is 0 Å². The van der Waals surface area contributed by atoms with E-state index >= 15 is 0 Å². The topological polar surface area (TPSA) is 99.1 Å². The number of aliphatic imine (C=N–C) groups is 1. The fraction of sp³-hybridized carbons (Fsp3) is 0.294. The van der Waals surface area contributed by atoms with E-state index in [0.717, 1.165) is 6.92 Å². The molecule has 1 aromatic carbocycles. The summed E-state index contributed by atoms with van der Waals surface area (Å²) in [5, 5.41) is 11.8. The van der Waals surface area contributed by atoms with Gasteiger partial charge in [0.1, 0.15) is 4.90 Å². The molecule has 1 heterocycles. The summed E-state index contributed by atoms with van der Waals surface area (Å²) < 4.78 is 26.6. The largest absolute Gasteiger partial charge is 0.366 e. The van der Waals surface area contributed by atoms with Gasteiger partial charge in [-0.05, 0) is 12.1 Å². The smallest absolute Gasteiger partial charge is 0.265 e. The van der Waals surface area contributed by atoms with Gasteiger partial charge in [0.25, 0.3) is 10.0 Å². The number of amides is 1. The van der Waals surface area contributed by atoms with Crippen molar-refractivity contribution in [2.75, 3.05) is 18.8 Å². The van der Waals surface area contributed by atoms with E-state index in [1.165, 1.54) is 23.9 Å². The highest BCUT2D eigenvalue weighted by atomic mass is 79.9. The average molecular weight is 511 g/mol. The average Bonchev–Trinajstić information content (AvgIpc) is 2.90. The first-order valence-corrected chi connectivity index (χ1v) is 10.7. The zero-order valence-electron chi connectivity index (χ0n) is 15.1. The Morgan fingerprint density at radius 1 is 1.46 bits per heavy atom. The fourth-order valence-electron chi connectivity index (χ4n) is 2.55. The molecule has 1 aliphatic rings. The Hall–Kier alpha value is -1.33. The van der Waals surface area contributed by atoms with Crippen LogP contribution in [0.3, 0.4) is 0 Å². The third-order valence-electron chi connectivity index (χ3n) is 3.71. The predicted molar refractivity (Wildman–Crippen MR) is 119 cm³/mol. The van der Waals surface area contributed by atoms with Crippen LogP contribution >= 0.6 is 40.3 Å². The second-order valence-corrected chi connectivity index (χ2v) is 8.72. The number of carbonyl (C=O) groups is 1. The van der Waals surface area contributed by atoms with Gasteiger partial charge in [-0.15, -0.1) is 30.1 Å². The fourth-order valence-corrected chi connectivity index (χ4v) is 5.27. The van der Waals surface area contributed by atoms with Gasteiger partial charge in [0.15, 0.2) is 10.9 Å². The van der Waals surface area contributed by atoms with E-state index in [1.807, 2.05) is 4.72 Å². The molecule has 1 aromatic rings. The summed E-state index contributed by atoms with van der Waals surface area (Å²) in [5.74, 6) is -0.503. The Morgan fingerprint density at radius 2 is 2.14 bits per heavy atom. The molecule has 11 heteroatoms. The number of carbonyl (C=O) groups excluding carboxylic acids is 1. The second-order valence-electron chi connectivity index (χ2n) is 5.72. The summed E-state index contributed by atoms with van der Waals surface area (Å²) >= 11 is 7.37. The third-order valence-corrected chi connectivity index (χ3v) is 6.78. The number of nitrogens with zero attached hydrogens (tertiary/aromatic N) is 2. The minimum Gasteiger partial charge on any atom is -0.366 e. The molecular weight excluding hydrogens is 490 g/mol. The minimum absolute atomic E-state index is 0. The molecule has 1 atom stereocenters. The van der Waals surface area contributed by atoms with Gasteiger partial charge in [0.2, 0.25) is 5.91 Å². The molecule has 0 radical (unpaired) electrons. The lowest BCUT2D eigenvalue weighted by molar-refractivity contribution is -0.117. The second kappa shape index (κ2) is 9.93. The van der Waals surface area contributed by atoms with E-state index in [1.54, 1.807) is 23.1 Å². The van der Waals surface area contributed by atoms with Crippen molar-refractivity contribution in [2.45, 2.75) is 17.5 Å². The van der Waals surface area contributed by atoms with E-state index in [9.17, 15) is 18.3 Å². The minimum atomic E-state index is -4.16. The van der Waals surface area contributed by atoms with Gasteiger partial charge in [0, 0.05) is 19.0 Å². The van der Waals surface area contributed by atoms with Crippen LogP contribution < -0.4 is 4.72 Å². The molecule has 2 rings (SSSR count). The Kier molecular flexibility index (Phi) is 8.76. The number of amidine groups is 1. The lowest BCUT2D eigenvalue weighted by atomic mass is 10.0. The highest BCUT2D eigenvalue weighted by Gasteiger charge is 2.44. The quantitative estimate of drug-likeness (QED) is 0.547. The van der Waals surface area contributed by atoms with E-state index in [0.29, 0.717) is 23.8 Å². The molecule has 2 N–H and O–H groups in total. The summed E-state index contributed by atoms with van der Waals surface area (Å²) in [7, 11) is -4.16. The van der Waals surface area contributed by atoms with Crippen molar-refractivity contribution in [3.05, 3.63) is 54.1 Å². The molecule has 1 saturated heterocycles. The highest BCUT2D eigenvalue weighted by Crippen LogP contribution is 2.40. The maximum Gasteiger partial charge on any atom is 0.265 e. The number of sulfonamides is 1. The standard InChI is InChI=1S/C17H20ClN3O4S2.BrH/c1-4-8-19-16-21(9-5-2)17(23,11-26-16)13-6-7-14(18)15(10-13)27(24,25)20-12(3)22;/h4-7,10,23H,1-2,8-9,11H2,3H3,(H,20,22);1H. The first kappa shape index (κ1) is 24.7. The zero-order chi connectivity index (χ0) is 20.2. The number of rotatable bonds is 7. The first-order chi connectivity index (χ1) is 12.7. The molecule has 1 fully saturated rings. The van der Waals surface area contributed by atoms with Crippen LogP contribution in [-0.4, -0.2) is 48.3 Å². The van der Waals surface area contributed by atoms with Crippen molar-refractivity contribution in [1.82, 2.24) is 9.62 Å². The lowest BCUT2D eigenvalue weighted by Gasteiger charge is -2.34. The summed E-state index contributed by atoms with van der Waals surface area (Å²) in [6, 6.07) is 4.18. The number of benzene rings is 1. The molecular formula is C17H21BrClN3O4S2. The van der Waals surface area contributed by atoms with Gasteiger partial charge < -0.3 is 10.0 Å². The molecule has 0 aliphatic carbocycles. The number of thioether (sulfide) groups is 1. The Balaban J connectivity index is 0.00000392. The van der Waals surface area contributed by atoms with Crippen LogP contribution in [-0.2, 0) is 20.5 Å². The molecule has 1 amide bonds. The van der Waals surface area contributed by atoms with Gasteiger partial charge in [-0.25, -0.2) is 13.1 Å². The Labute approximate surface area is 184 Å². The summed E-state index contributed by atoms with van der Waals surface area (Å²) in [5.41, 5.74) is -1.20. The van der Waals surface area contributed by atoms with Gasteiger partial charge >= 0.3 is 0 Å². The number of nitrogens with one attached hydrogen (secondary N) is 1. The van der Waals surface area contributed by atoms with Gasteiger partial charge in [0.05, 0.1) is 17.3 Å². The van der Waals surface area contributed by atoms with Crippen molar-refractivity contribution in [1.29, 1.82) is 0 Å². The summed E-state index contributed by atoms with van der Waals surface area (Å²) in [6.45, 7) is 9.10. The molecule has 1 unspecified atom stereocenters. The monoisotopic (exact) mass is 509 g/mol.